The molecule has 0 saturated carbocycles. The Labute approximate surface area is 139 Å². The summed E-state index contributed by atoms with van der Waals surface area (Å²) in [5, 5.41) is 3.93. The van der Waals surface area contributed by atoms with Crippen LogP contribution in [0.5, 0.6) is 0 Å². The summed E-state index contributed by atoms with van der Waals surface area (Å²) < 4.78 is 1.94. The normalized spacial score (nSPS) is 10.5. The highest BCUT2D eigenvalue weighted by atomic mass is 127. The maximum atomic E-state index is 6.23. The van der Waals surface area contributed by atoms with Crippen molar-refractivity contribution >= 4 is 55.9 Å². The zero-order valence-corrected chi connectivity index (χ0v) is 14.8. The van der Waals surface area contributed by atoms with Gasteiger partial charge in [-0.25, -0.2) is 9.97 Å². The highest BCUT2D eigenvalue weighted by Crippen LogP contribution is 2.29. The topological polar surface area (TPSA) is 37.8 Å². The van der Waals surface area contributed by atoms with E-state index in [9.17, 15) is 0 Å². The van der Waals surface area contributed by atoms with Crippen LogP contribution in [0.1, 0.15) is 13.3 Å². The molecule has 1 aromatic heterocycles. The van der Waals surface area contributed by atoms with Gasteiger partial charge in [0.15, 0.2) is 5.82 Å². The van der Waals surface area contributed by atoms with Gasteiger partial charge in [-0.1, -0.05) is 34.5 Å². The third-order valence-electron chi connectivity index (χ3n) is 2.46. The molecule has 0 bridgehead atoms. The van der Waals surface area contributed by atoms with Gasteiger partial charge in [-0.3, -0.25) is 0 Å². The number of benzene rings is 1. The third kappa shape index (κ3) is 3.79. The number of nitrogens with zero attached hydrogens (tertiary/aromatic N) is 2. The zero-order chi connectivity index (χ0) is 13.8. The number of anilines is 1. The smallest absolute Gasteiger partial charge is 0.163 e. The van der Waals surface area contributed by atoms with Crippen molar-refractivity contribution in [2.45, 2.75) is 13.3 Å². The van der Waals surface area contributed by atoms with E-state index < -0.39 is 0 Å². The molecule has 19 heavy (non-hydrogen) atoms. The summed E-state index contributed by atoms with van der Waals surface area (Å²) in [5.74, 6) is 1.49. The number of halogens is 3. The molecule has 0 atom stereocenters. The highest BCUT2D eigenvalue weighted by molar-refractivity contribution is 14.1. The van der Waals surface area contributed by atoms with E-state index in [1.54, 1.807) is 6.20 Å². The average Bonchev–Trinajstić information content (AvgIpc) is 2.38. The minimum Gasteiger partial charge on any atom is -0.369 e. The lowest BCUT2D eigenvalue weighted by molar-refractivity contribution is 0.963. The van der Waals surface area contributed by atoms with Gasteiger partial charge in [-0.05, 0) is 47.2 Å². The Hall–Kier alpha value is -0.400. The Morgan fingerprint density at radius 2 is 2.21 bits per heavy atom. The lowest BCUT2D eigenvalue weighted by Gasteiger charge is -2.09. The van der Waals surface area contributed by atoms with Crippen LogP contribution in [0, 0.1) is 3.57 Å². The summed E-state index contributed by atoms with van der Waals surface area (Å²) in [6, 6.07) is 5.69. The van der Waals surface area contributed by atoms with Crippen molar-refractivity contribution in [3.8, 4) is 11.4 Å². The molecule has 1 aromatic carbocycles. The predicted octanol–water partition coefficient (Wildman–Crippen LogP) is 4.99. The van der Waals surface area contributed by atoms with Crippen LogP contribution in [0.3, 0.4) is 0 Å². The zero-order valence-electron chi connectivity index (χ0n) is 10.3. The molecule has 2 rings (SSSR count). The van der Waals surface area contributed by atoms with Crippen LogP contribution < -0.4 is 5.32 Å². The van der Waals surface area contributed by atoms with E-state index in [-0.39, 0.29) is 0 Å². The van der Waals surface area contributed by atoms with Crippen LogP contribution >= 0.6 is 50.1 Å². The number of hydrogen-bond acceptors (Lipinski definition) is 3. The standard InChI is InChI=1S/C13H12BrClIN3/c1-2-5-17-13-11(16)7-18-12(19-13)9-4-3-8(14)6-10(9)15/h3-4,6-7H,2,5H2,1H3,(H,17,18,19). The van der Waals surface area contributed by atoms with Gasteiger partial charge in [0, 0.05) is 22.8 Å². The second-order valence-electron chi connectivity index (χ2n) is 3.94. The molecule has 0 saturated heterocycles. The minimum absolute atomic E-state index is 0.636. The average molecular weight is 453 g/mol. The molecule has 1 N–H and O–H groups in total. The fourth-order valence-electron chi connectivity index (χ4n) is 1.54. The van der Waals surface area contributed by atoms with Gasteiger partial charge in [0.25, 0.3) is 0 Å². The number of rotatable bonds is 4. The van der Waals surface area contributed by atoms with E-state index in [1.165, 1.54) is 0 Å². The molecule has 0 spiro atoms. The third-order valence-corrected chi connectivity index (χ3v) is 4.05. The lowest BCUT2D eigenvalue weighted by atomic mass is 10.2. The largest absolute Gasteiger partial charge is 0.369 e. The molecule has 0 fully saturated rings. The Balaban J connectivity index is 2.39. The SMILES string of the molecule is CCCNc1nc(-c2ccc(Br)cc2Cl)ncc1I. The summed E-state index contributed by atoms with van der Waals surface area (Å²) in [5.41, 5.74) is 0.834. The Bertz CT molecular complexity index is 592. The Morgan fingerprint density at radius 1 is 1.42 bits per heavy atom. The molecule has 0 aliphatic rings. The van der Waals surface area contributed by atoms with Gasteiger partial charge < -0.3 is 5.32 Å². The van der Waals surface area contributed by atoms with Crippen molar-refractivity contribution in [2.75, 3.05) is 11.9 Å². The first-order chi connectivity index (χ1) is 9.11. The monoisotopic (exact) mass is 451 g/mol. The minimum atomic E-state index is 0.636. The number of hydrogen-bond donors (Lipinski definition) is 1. The van der Waals surface area contributed by atoms with Crippen LogP contribution in [0.4, 0.5) is 5.82 Å². The molecule has 3 nitrogen and oxygen atoms in total. The molecule has 0 unspecified atom stereocenters. The summed E-state index contributed by atoms with van der Waals surface area (Å²) in [6.07, 6.45) is 2.85. The molecule has 6 heteroatoms. The van der Waals surface area contributed by atoms with Crippen LogP contribution in [0.25, 0.3) is 11.4 Å². The lowest BCUT2D eigenvalue weighted by Crippen LogP contribution is -2.05. The highest BCUT2D eigenvalue weighted by Gasteiger charge is 2.10. The first kappa shape index (κ1) is 15.0. The van der Waals surface area contributed by atoms with E-state index in [1.807, 2.05) is 18.2 Å². The molecule has 1 heterocycles. The maximum absolute atomic E-state index is 6.23. The summed E-state index contributed by atoms with van der Waals surface area (Å²) >= 11 is 11.8. The molecule has 2 aromatic rings. The fraction of sp³-hybridized carbons (Fsp3) is 0.231. The van der Waals surface area contributed by atoms with Crippen LogP contribution in [-0.2, 0) is 0 Å². The van der Waals surface area contributed by atoms with Crippen molar-refractivity contribution in [2.24, 2.45) is 0 Å². The maximum Gasteiger partial charge on any atom is 0.163 e. The molecular formula is C13H12BrClIN3. The Morgan fingerprint density at radius 3 is 2.89 bits per heavy atom. The van der Waals surface area contributed by atoms with Gasteiger partial charge >= 0.3 is 0 Å². The fourth-order valence-corrected chi connectivity index (χ4v) is 2.74. The van der Waals surface area contributed by atoms with Crippen LogP contribution in [-0.4, -0.2) is 16.5 Å². The van der Waals surface area contributed by atoms with E-state index in [0.29, 0.717) is 10.8 Å². The quantitative estimate of drug-likeness (QED) is 0.665. The molecule has 0 radical (unpaired) electrons. The van der Waals surface area contributed by atoms with E-state index in [0.717, 1.165) is 32.4 Å². The van der Waals surface area contributed by atoms with E-state index in [2.05, 4.69) is 60.7 Å². The van der Waals surface area contributed by atoms with Crippen molar-refractivity contribution < 1.29 is 0 Å². The summed E-state index contributed by atoms with van der Waals surface area (Å²) in [4.78, 5) is 8.89. The van der Waals surface area contributed by atoms with Crippen molar-refractivity contribution in [3.05, 3.63) is 37.5 Å². The molecule has 0 aliphatic heterocycles. The van der Waals surface area contributed by atoms with Crippen LogP contribution in [0.2, 0.25) is 5.02 Å². The number of nitrogens with one attached hydrogen (secondary N) is 1. The summed E-state index contributed by atoms with van der Waals surface area (Å²) in [6.45, 7) is 3.01. The second kappa shape index (κ2) is 6.85. The number of aromatic nitrogens is 2. The van der Waals surface area contributed by atoms with Crippen molar-refractivity contribution in [1.82, 2.24) is 9.97 Å². The van der Waals surface area contributed by atoms with E-state index >= 15 is 0 Å². The van der Waals surface area contributed by atoms with Crippen molar-refractivity contribution in [3.63, 3.8) is 0 Å². The Kier molecular flexibility index (Phi) is 5.41. The predicted molar refractivity (Wildman–Crippen MR) is 91.7 cm³/mol. The van der Waals surface area contributed by atoms with Gasteiger partial charge in [0.2, 0.25) is 0 Å². The van der Waals surface area contributed by atoms with Crippen LogP contribution in [0.15, 0.2) is 28.9 Å². The molecular weight excluding hydrogens is 440 g/mol. The second-order valence-corrected chi connectivity index (χ2v) is 6.43. The first-order valence-corrected chi connectivity index (χ1v) is 8.08. The van der Waals surface area contributed by atoms with Gasteiger partial charge in [0.05, 0.1) is 8.59 Å². The molecule has 0 aliphatic carbocycles. The molecule has 0 amide bonds. The van der Waals surface area contributed by atoms with Gasteiger partial charge in [0.1, 0.15) is 5.82 Å². The van der Waals surface area contributed by atoms with Crippen molar-refractivity contribution in [1.29, 1.82) is 0 Å². The summed E-state index contributed by atoms with van der Waals surface area (Å²) in [7, 11) is 0. The van der Waals surface area contributed by atoms with E-state index in [4.69, 9.17) is 11.6 Å². The molecule has 100 valence electrons. The van der Waals surface area contributed by atoms with Gasteiger partial charge in [-0.2, -0.15) is 0 Å². The first-order valence-electron chi connectivity index (χ1n) is 5.83. The van der Waals surface area contributed by atoms with Gasteiger partial charge in [-0.15, -0.1) is 0 Å².